The number of anilines is 1. The average Bonchev–Trinajstić information content (AvgIpc) is 2.88. The van der Waals surface area contributed by atoms with Crippen molar-refractivity contribution in [1.29, 1.82) is 0 Å². The molecule has 0 radical (unpaired) electrons. The zero-order valence-electron chi connectivity index (χ0n) is 12.8. The number of nitrogens with zero attached hydrogens (tertiary/aromatic N) is 2. The number of furan rings is 1. The lowest BCUT2D eigenvalue weighted by Crippen LogP contribution is -2.51. The summed E-state index contributed by atoms with van der Waals surface area (Å²) in [6.45, 7) is 4.47. The number of amides is 1. The van der Waals surface area contributed by atoms with Crippen molar-refractivity contribution in [2.45, 2.75) is 19.8 Å². The summed E-state index contributed by atoms with van der Waals surface area (Å²) in [5.74, 6) is 2.42. The lowest BCUT2D eigenvalue weighted by atomic mass is 10.0. The third kappa shape index (κ3) is 3.52. The first-order valence-electron chi connectivity index (χ1n) is 7.72. The van der Waals surface area contributed by atoms with Crippen molar-refractivity contribution in [1.82, 2.24) is 4.90 Å². The first-order chi connectivity index (χ1) is 10.4. The first kappa shape index (κ1) is 15.6. The molecule has 0 aromatic carbocycles. The highest BCUT2D eigenvalue weighted by Crippen LogP contribution is 2.23. The van der Waals surface area contributed by atoms with Gasteiger partial charge in [-0.3, -0.25) is 14.6 Å². The number of piperazine rings is 1. The van der Waals surface area contributed by atoms with E-state index >= 15 is 0 Å². The van der Waals surface area contributed by atoms with E-state index in [2.05, 4.69) is 4.90 Å². The van der Waals surface area contributed by atoms with E-state index in [9.17, 15) is 13.2 Å². The molecule has 0 atom stereocenters. The number of carbonyl (C=O) groups is 1. The van der Waals surface area contributed by atoms with E-state index in [-0.39, 0.29) is 17.4 Å². The Morgan fingerprint density at radius 3 is 2.55 bits per heavy atom. The minimum absolute atomic E-state index is 0.0454. The highest BCUT2D eigenvalue weighted by atomic mass is 32.2. The molecule has 6 nitrogen and oxygen atoms in total. The molecule has 0 unspecified atom stereocenters. The molecule has 1 amide bonds. The van der Waals surface area contributed by atoms with Gasteiger partial charge in [-0.15, -0.1) is 0 Å². The quantitative estimate of drug-likeness (QED) is 0.831. The number of hydrogen-bond acceptors (Lipinski definition) is 5. The number of carbonyl (C=O) groups excluding carboxylic acids is 1. The van der Waals surface area contributed by atoms with Crippen LogP contribution in [0.15, 0.2) is 16.5 Å². The Kier molecular flexibility index (Phi) is 4.27. The van der Waals surface area contributed by atoms with Crippen molar-refractivity contribution in [3.63, 3.8) is 0 Å². The molecule has 1 aromatic heterocycles. The highest BCUT2D eigenvalue weighted by Gasteiger charge is 2.30. The van der Waals surface area contributed by atoms with Crippen molar-refractivity contribution >= 4 is 21.6 Å². The normalized spacial score (nSPS) is 23.9. The first-order valence-corrected chi connectivity index (χ1v) is 9.55. The van der Waals surface area contributed by atoms with Gasteiger partial charge in [0, 0.05) is 25.7 Å². The number of sulfone groups is 1. The van der Waals surface area contributed by atoms with Crippen molar-refractivity contribution < 1.29 is 17.6 Å². The molecule has 0 saturated carbocycles. The summed E-state index contributed by atoms with van der Waals surface area (Å²) in [7, 11) is -2.82. The fraction of sp³-hybridized carbons (Fsp3) is 0.667. The summed E-state index contributed by atoms with van der Waals surface area (Å²) in [5, 5.41) is 0. The fourth-order valence-electron chi connectivity index (χ4n) is 3.16. The fourth-order valence-corrected chi connectivity index (χ4v) is 4.75. The zero-order valence-corrected chi connectivity index (χ0v) is 13.6. The van der Waals surface area contributed by atoms with Crippen molar-refractivity contribution in [2.24, 2.45) is 5.92 Å². The van der Waals surface area contributed by atoms with Gasteiger partial charge in [0.1, 0.15) is 15.6 Å². The van der Waals surface area contributed by atoms with Crippen LogP contribution in [-0.4, -0.2) is 56.9 Å². The standard InChI is InChI=1S/C15H22N2O4S/c1-12-2-3-15(21-12)17-7-6-16(11-14(17)18)10-13-4-8-22(19,20)9-5-13/h2-3,13H,4-11H2,1H3. The van der Waals surface area contributed by atoms with E-state index in [1.807, 2.05) is 19.1 Å². The maximum Gasteiger partial charge on any atom is 0.243 e. The number of rotatable bonds is 3. The molecule has 3 rings (SSSR count). The molecule has 3 heterocycles. The van der Waals surface area contributed by atoms with Gasteiger partial charge in [0.15, 0.2) is 0 Å². The lowest BCUT2D eigenvalue weighted by Gasteiger charge is -2.35. The molecular formula is C15H22N2O4S. The van der Waals surface area contributed by atoms with Crippen molar-refractivity contribution in [2.75, 3.05) is 42.6 Å². The summed E-state index contributed by atoms with van der Waals surface area (Å²) >= 11 is 0. The van der Waals surface area contributed by atoms with E-state index in [0.717, 1.165) is 18.8 Å². The van der Waals surface area contributed by atoms with Crippen LogP contribution in [0.1, 0.15) is 18.6 Å². The van der Waals surface area contributed by atoms with E-state index in [0.29, 0.717) is 37.7 Å². The molecule has 0 aliphatic carbocycles. The zero-order chi connectivity index (χ0) is 15.7. The van der Waals surface area contributed by atoms with Crippen LogP contribution in [0.5, 0.6) is 0 Å². The maximum atomic E-state index is 12.3. The third-order valence-electron chi connectivity index (χ3n) is 4.48. The molecule has 2 fully saturated rings. The summed E-state index contributed by atoms with van der Waals surface area (Å²) in [6.07, 6.45) is 1.43. The monoisotopic (exact) mass is 326 g/mol. The minimum Gasteiger partial charge on any atom is -0.445 e. The molecule has 2 saturated heterocycles. The van der Waals surface area contributed by atoms with Crippen LogP contribution in [0.2, 0.25) is 0 Å². The summed E-state index contributed by atoms with van der Waals surface area (Å²) in [6, 6.07) is 3.69. The predicted molar refractivity (Wildman–Crippen MR) is 83.6 cm³/mol. The van der Waals surface area contributed by atoms with Crippen LogP contribution in [0.3, 0.4) is 0 Å². The SMILES string of the molecule is Cc1ccc(N2CCN(CC3CCS(=O)(=O)CC3)CC2=O)o1. The van der Waals surface area contributed by atoms with Crippen LogP contribution in [0, 0.1) is 12.8 Å². The van der Waals surface area contributed by atoms with Gasteiger partial charge >= 0.3 is 0 Å². The van der Waals surface area contributed by atoms with Crippen LogP contribution < -0.4 is 4.90 Å². The van der Waals surface area contributed by atoms with Gasteiger partial charge in [0.25, 0.3) is 0 Å². The largest absolute Gasteiger partial charge is 0.445 e. The van der Waals surface area contributed by atoms with Gasteiger partial charge in [-0.25, -0.2) is 8.42 Å². The van der Waals surface area contributed by atoms with Gasteiger partial charge in [0.2, 0.25) is 11.8 Å². The van der Waals surface area contributed by atoms with Crippen LogP contribution >= 0.6 is 0 Å². The molecule has 7 heteroatoms. The number of aryl methyl sites for hydroxylation is 1. The van der Waals surface area contributed by atoms with Gasteiger partial charge in [-0.2, -0.15) is 0 Å². The molecule has 0 N–H and O–H groups in total. The molecule has 2 aliphatic rings. The average molecular weight is 326 g/mol. The van der Waals surface area contributed by atoms with Gasteiger partial charge < -0.3 is 4.42 Å². The van der Waals surface area contributed by atoms with Gasteiger partial charge in [0.05, 0.1) is 18.1 Å². The Hall–Kier alpha value is -1.34. The molecule has 1 aromatic rings. The Labute approximate surface area is 131 Å². The second-order valence-corrected chi connectivity index (χ2v) is 8.56. The molecule has 0 bridgehead atoms. The maximum absolute atomic E-state index is 12.3. The third-order valence-corrected chi connectivity index (χ3v) is 6.20. The second kappa shape index (κ2) is 6.04. The second-order valence-electron chi connectivity index (χ2n) is 6.26. The molecule has 2 aliphatic heterocycles. The summed E-state index contributed by atoms with van der Waals surface area (Å²) in [5.41, 5.74) is 0. The van der Waals surface area contributed by atoms with Gasteiger partial charge in [-0.05, 0) is 31.7 Å². The Balaban J connectivity index is 1.53. The van der Waals surface area contributed by atoms with Crippen molar-refractivity contribution in [3.8, 4) is 0 Å². The summed E-state index contributed by atoms with van der Waals surface area (Å²) in [4.78, 5) is 16.1. The molecule has 22 heavy (non-hydrogen) atoms. The Morgan fingerprint density at radius 1 is 1.23 bits per heavy atom. The number of hydrogen-bond donors (Lipinski definition) is 0. The van der Waals surface area contributed by atoms with E-state index in [4.69, 9.17) is 4.42 Å². The van der Waals surface area contributed by atoms with Crippen molar-refractivity contribution in [3.05, 3.63) is 17.9 Å². The van der Waals surface area contributed by atoms with E-state index < -0.39 is 9.84 Å². The van der Waals surface area contributed by atoms with Crippen LogP contribution in [0.4, 0.5) is 5.88 Å². The highest BCUT2D eigenvalue weighted by molar-refractivity contribution is 7.91. The molecule has 0 spiro atoms. The Bertz CT molecular complexity index is 638. The lowest BCUT2D eigenvalue weighted by molar-refractivity contribution is -0.121. The van der Waals surface area contributed by atoms with Crippen LogP contribution in [0.25, 0.3) is 0 Å². The molecular weight excluding hydrogens is 304 g/mol. The minimum atomic E-state index is -2.82. The Morgan fingerprint density at radius 2 is 1.95 bits per heavy atom. The van der Waals surface area contributed by atoms with E-state index in [1.165, 1.54) is 0 Å². The molecule has 122 valence electrons. The predicted octanol–water partition coefficient (Wildman–Crippen LogP) is 1.06. The van der Waals surface area contributed by atoms with Crippen LogP contribution in [-0.2, 0) is 14.6 Å². The summed E-state index contributed by atoms with van der Waals surface area (Å²) < 4.78 is 28.4. The van der Waals surface area contributed by atoms with Gasteiger partial charge in [-0.1, -0.05) is 0 Å². The topological polar surface area (TPSA) is 70.8 Å². The van der Waals surface area contributed by atoms with E-state index in [1.54, 1.807) is 4.90 Å². The smallest absolute Gasteiger partial charge is 0.243 e.